The first-order valence-electron chi connectivity index (χ1n) is 8.30. The summed E-state index contributed by atoms with van der Waals surface area (Å²) in [6.07, 6.45) is 2.52. The second kappa shape index (κ2) is 8.75. The van der Waals surface area contributed by atoms with Gasteiger partial charge in [-0.25, -0.2) is 13.4 Å². The van der Waals surface area contributed by atoms with Crippen LogP contribution in [0.3, 0.4) is 0 Å². The zero-order chi connectivity index (χ0) is 19.2. The average Bonchev–Trinajstić information content (AvgIpc) is 2.62. The van der Waals surface area contributed by atoms with E-state index in [0.29, 0.717) is 28.9 Å². The molecular formula is C18H25N3O4S. The van der Waals surface area contributed by atoms with Crippen LogP contribution in [0, 0.1) is 5.92 Å². The number of sulfonamides is 1. The first-order chi connectivity index (χ1) is 12.4. The van der Waals surface area contributed by atoms with Gasteiger partial charge in [0.2, 0.25) is 0 Å². The Morgan fingerprint density at radius 3 is 2.38 bits per heavy atom. The molecule has 0 unspecified atom stereocenters. The van der Waals surface area contributed by atoms with Crippen molar-refractivity contribution in [1.29, 1.82) is 0 Å². The molecule has 1 heterocycles. The summed E-state index contributed by atoms with van der Waals surface area (Å²) < 4.78 is 37.9. The van der Waals surface area contributed by atoms with Crippen LogP contribution in [0.5, 0.6) is 11.5 Å². The standard InChI is InChI=1S/C18H25N3O4S/c1-13(2)9-10-19-18-8-5-14(12-20-18)21-26(22,23)15-6-7-16(24-3)17(11-15)25-4/h5-8,11-13,21H,9-10H2,1-4H3,(H,19,20). The Kier molecular flexibility index (Phi) is 6.68. The summed E-state index contributed by atoms with van der Waals surface area (Å²) in [6.45, 7) is 5.13. The summed E-state index contributed by atoms with van der Waals surface area (Å²) >= 11 is 0. The van der Waals surface area contributed by atoms with Crippen LogP contribution in [0.25, 0.3) is 0 Å². The number of hydrogen-bond acceptors (Lipinski definition) is 6. The molecule has 2 N–H and O–H groups in total. The quantitative estimate of drug-likeness (QED) is 0.694. The minimum atomic E-state index is -3.76. The minimum absolute atomic E-state index is 0.0780. The number of nitrogens with zero attached hydrogens (tertiary/aromatic N) is 1. The maximum absolute atomic E-state index is 12.6. The smallest absolute Gasteiger partial charge is 0.262 e. The molecule has 142 valence electrons. The molecule has 7 nitrogen and oxygen atoms in total. The lowest BCUT2D eigenvalue weighted by Crippen LogP contribution is -2.13. The van der Waals surface area contributed by atoms with Gasteiger partial charge in [-0.1, -0.05) is 13.8 Å². The number of benzene rings is 1. The molecule has 1 aromatic heterocycles. The Morgan fingerprint density at radius 2 is 1.81 bits per heavy atom. The highest BCUT2D eigenvalue weighted by atomic mass is 32.2. The minimum Gasteiger partial charge on any atom is -0.493 e. The molecule has 0 bridgehead atoms. The Labute approximate surface area is 154 Å². The first kappa shape index (κ1) is 19.8. The maximum Gasteiger partial charge on any atom is 0.262 e. The van der Waals surface area contributed by atoms with Crippen molar-refractivity contribution in [3.63, 3.8) is 0 Å². The molecule has 0 atom stereocenters. The van der Waals surface area contributed by atoms with Crippen LogP contribution in [0.4, 0.5) is 11.5 Å². The van der Waals surface area contributed by atoms with Crippen molar-refractivity contribution >= 4 is 21.5 Å². The van der Waals surface area contributed by atoms with Gasteiger partial charge in [-0.15, -0.1) is 0 Å². The highest BCUT2D eigenvalue weighted by Crippen LogP contribution is 2.30. The molecule has 2 aromatic rings. The molecule has 0 aliphatic rings. The molecule has 0 saturated carbocycles. The van der Waals surface area contributed by atoms with Gasteiger partial charge in [0.05, 0.1) is 31.0 Å². The van der Waals surface area contributed by atoms with Crippen molar-refractivity contribution < 1.29 is 17.9 Å². The van der Waals surface area contributed by atoms with Crippen LogP contribution < -0.4 is 19.5 Å². The number of ether oxygens (including phenoxy) is 2. The largest absolute Gasteiger partial charge is 0.493 e. The number of aromatic nitrogens is 1. The number of hydrogen-bond donors (Lipinski definition) is 2. The molecule has 0 amide bonds. The normalized spacial score (nSPS) is 11.3. The van der Waals surface area contributed by atoms with E-state index in [-0.39, 0.29) is 4.90 Å². The zero-order valence-corrected chi connectivity index (χ0v) is 16.3. The monoisotopic (exact) mass is 379 g/mol. The fourth-order valence-electron chi connectivity index (χ4n) is 2.25. The molecule has 26 heavy (non-hydrogen) atoms. The van der Waals surface area contributed by atoms with Crippen LogP contribution in [0.15, 0.2) is 41.4 Å². The second-order valence-corrected chi connectivity index (χ2v) is 7.85. The third kappa shape index (κ3) is 5.26. The fourth-order valence-corrected chi connectivity index (χ4v) is 3.30. The molecule has 2 rings (SSSR count). The summed E-state index contributed by atoms with van der Waals surface area (Å²) in [4.78, 5) is 4.31. The van der Waals surface area contributed by atoms with Crippen molar-refractivity contribution in [3.05, 3.63) is 36.5 Å². The summed E-state index contributed by atoms with van der Waals surface area (Å²) in [5.41, 5.74) is 0.384. The molecular weight excluding hydrogens is 354 g/mol. The summed E-state index contributed by atoms with van der Waals surface area (Å²) in [6, 6.07) is 7.83. The van der Waals surface area contributed by atoms with Crippen molar-refractivity contribution in [2.45, 2.75) is 25.2 Å². The van der Waals surface area contributed by atoms with Gasteiger partial charge in [0.1, 0.15) is 5.82 Å². The lowest BCUT2D eigenvalue weighted by Gasteiger charge is -2.12. The van der Waals surface area contributed by atoms with Gasteiger partial charge in [0.25, 0.3) is 10.0 Å². The Hall–Kier alpha value is -2.48. The average molecular weight is 379 g/mol. The van der Waals surface area contributed by atoms with E-state index < -0.39 is 10.0 Å². The predicted octanol–water partition coefficient (Wildman–Crippen LogP) is 3.36. The van der Waals surface area contributed by atoms with Crippen LogP contribution in [0.2, 0.25) is 0 Å². The van der Waals surface area contributed by atoms with E-state index in [2.05, 4.69) is 28.9 Å². The van der Waals surface area contributed by atoms with Gasteiger partial charge < -0.3 is 14.8 Å². The van der Waals surface area contributed by atoms with Crippen LogP contribution in [-0.4, -0.2) is 34.2 Å². The number of anilines is 2. The van der Waals surface area contributed by atoms with E-state index in [9.17, 15) is 8.42 Å². The van der Waals surface area contributed by atoms with E-state index in [1.54, 1.807) is 18.2 Å². The van der Waals surface area contributed by atoms with E-state index in [1.807, 2.05) is 0 Å². The van der Waals surface area contributed by atoms with E-state index in [1.165, 1.54) is 32.5 Å². The second-order valence-electron chi connectivity index (χ2n) is 6.16. The topological polar surface area (TPSA) is 89.6 Å². The van der Waals surface area contributed by atoms with Crippen molar-refractivity contribution in [2.24, 2.45) is 5.92 Å². The third-order valence-electron chi connectivity index (χ3n) is 3.71. The van der Waals surface area contributed by atoms with Crippen LogP contribution >= 0.6 is 0 Å². The lowest BCUT2D eigenvalue weighted by atomic mass is 10.1. The first-order valence-corrected chi connectivity index (χ1v) is 9.79. The van der Waals surface area contributed by atoms with Gasteiger partial charge in [0, 0.05) is 12.6 Å². The van der Waals surface area contributed by atoms with E-state index in [0.717, 1.165) is 13.0 Å². The SMILES string of the molecule is COc1ccc(S(=O)(=O)Nc2ccc(NCCC(C)C)nc2)cc1OC. The molecule has 0 aliphatic heterocycles. The Balaban J connectivity index is 2.09. The van der Waals surface area contributed by atoms with Crippen molar-refractivity contribution in [2.75, 3.05) is 30.8 Å². The summed E-state index contributed by atoms with van der Waals surface area (Å²) in [5.74, 6) is 2.12. The zero-order valence-electron chi connectivity index (χ0n) is 15.4. The molecule has 1 aromatic carbocycles. The van der Waals surface area contributed by atoms with Gasteiger partial charge in [-0.2, -0.15) is 0 Å². The maximum atomic E-state index is 12.6. The number of methoxy groups -OCH3 is 2. The molecule has 0 aliphatic carbocycles. The van der Waals surface area contributed by atoms with Gasteiger partial charge in [-0.3, -0.25) is 4.72 Å². The fraction of sp³-hybridized carbons (Fsp3) is 0.389. The molecule has 0 fully saturated rings. The summed E-state index contributed by atoms with van der Waals surface area (Å²) in [5, 5.41) is 3.21. The van der Waals surface area contributed by atoms with Crippen molar-refractivity contribution in [3.8, 4) is 11.5 Å². The van der Waals surface area contributed by atoms with Crippen molar-refractivity contribution in [1.82, 2.24) is 4.98 Å². The molecule has 8 heteroatoms. The highest BCUT2D eigenvalue weighted by Gasteiger charge is 2.17. The lowest BCUT2D eigenvalue weighted by molar-refractivity contribution is 0.354. The predicted molar refractivity (Wildman–Crippen MR) is 103 cm³/mol. The van der Waals surface area contributed by atoms with Gasteiger partial charge >= 0.3 is 0 Å². The van der Waals surface area contributed by atoms with Crippen LogP contribution in [0.1, 0.15) is 20.3 Å². The molecule has 0 radical (unpaired) electrons. The van der Waals surface area contributed by atoms with Crippen LogP contribution in [-0.2, 0) is 10.0 Å². The highest BCUT2D eigenvalue weighted by molar-refractivity contribution is 7.92. The van der Waals surface area contributed by atoms with Gasteiger partial charge in [-0.05, 0) is 36.6 Å². The van der Waals surface area contributed by atoms with E-state index >= 15 is 0 Å². The third-order valence-corrected chi connectivity index (χ3v) is 5.09. The van der Waals surface area contributed by atoms with E-state index in [4.69, 9.17) is 9.47 Å². The molecule has 0 saturated heterocycles. The summed E-state index contributed by atoms with van der Waals surface area (Å²) in [7, 11) is -0.810. The Morgan fingerprint density at radius 1 is 1.08 bits per heavy atom. The number of nitrogens with one attached hydrogen (secondary N) is 2. The number of rotatable bonds is 9. The Bertz CT molecular complexity index is 821. The number of pyridine rings is 1. The molecule has 0 spiro atoms. The van der Waals surface area contributed by atoms with Gasteiger partial charge in [0.15, 0.2) is 11.5 Å².